The van der Waals surface area contributed by atoms with Crippen molar-refractivity contribution in [3.05, 3.63) is 0 Å². The van der Waals surface area contributed by atoms with Crippen LogP contribution < -0.4 is 11.5 Å². The van der Waals surface area contributed by atoms with Gasteiger partial charge in [-0.05, 0) is 38.8 Å². The first-order valence-electron chi connectivity index (χ1n) is 7.68. The van der Waals surface area contributed by atoms with E-state index in [4.69, 9.17) is 11.5 Å². The highest BCUT2D eigenvalue weighted by molar-refractivity contribution is 5.79. The Kier molecular flexibility index (Phi) is 5.60. The lowest BCUT2D eigenvalue weighted by Crippen LogP contribution is -2.50. The molecule has 0 radical (unpaired) electrons. The van der Waals surface area contributed by atoms with Crippen molar-refractivity contribution in [3.63, 3.8) is 0 Å². The molecule has 0 aromatic rings. The first-order valence-corrected chi connectivity index (χ1v) is 7.68. The summed E-state index contributed by atoms with van der Waals surface area (Å²) in [6.07, 6.45) is 6.86. The van der Waals surface area contributed by atoms with Crippen LogP contribution in [0.15, 0.2) is 0 Å². The van der Waals surface area contributed by atoms with Gasteiger partial charge in [0.25, 0.3) is 0 Å². The molecular formula is C14H28N4O. The van der Waals surface area contributed by atoms with E-state index in [-0.39, 0.29) is 11.9 Å². The Morgan fingerprint density at radius 1 is 1.05 bits per heavy atom. The normalized spacial score (nSPS) is 31.0. The van der Waals surface area contributed by atoms with Crippen molar-refractivity contribution in [3.8, 4) is 0 Å². The van der Waals surface area contributed by atoms with Crippen LogP contribution in [-0.4, -0.2) is 60.5 Å². The summed E-state index contributed by atoms with van der Waals surface area (Å²) in [5.74, 6) is -0.160. The topological polar surface area (TPSA) is 75.6 Å². The van der Waals surface area contributed by atoms with Gasteiger partial charge < -0.3 is 16.4 Å². The molecule has 0 bridgehead atoms. The largest absolute Gasteiger partial charge is 0.368 e. The van der Waals surface area contributed by atoms with Gasteiger partial charge in [-0.25, -0.2) is 0 Å². The molecule has 2 rings (SSSR count). The summed E-state index contributed by atoms with van der Waals surface area (Å²) in [6.45, 7) is 5.10. The molecule has 2 aliphatic heterocycles. The third-order valence-corrected chi connectivity index (χ3v) is 4.44. The average Bonchev–Trinajstić information content (AvgIpc) is 2.61. The smallest absolute Gasteiger partial charge is 0.234 e. The predicted molar refractivity (Wildman–Crippen MR) is 76.7 cm³/mol. The second-order valence-electron chi connectivity index (χ2n) is 6.01. The molecule has 2 aliphatic rings. The van der Waals surface area contributed by atoms with Crippen LogP contribution in [0.1, 0.15) is 38.5 Å². The standard InChI is InChI=1S/C14H28N4O/c15-12-5-1-3-7-17(11-12)9-10-18-8-4-2-6-13(18)14(16)19/h12-13H,1-11,15H2,(H2,16,19). The molecular weight excluding hydrogens is 240 g/mol. The van der Waals surface area contributed by atoms with Gasteiger partial charge in [0.05, 0.1) is 6.04 Å². The van der Waals surface area contributed by atoms with Crippen LogP contribution in [0.2, 0.25) is 0 Å². The van der Waals surface area contributed by atoms with Gasteiger partial charge in [0, 0.05) is 25.7 Å². The Morgan fingerprint density at radius 2 is 1.79 bits per heavy atom. The van der Waals surface area contributed by atoms with Crippen LogP contribution in [0.3, 0.4) is 0 Å². The van der Waals surface area contributed by atoms with Gasteiger partial charge in [0.15, 0.2) is 0 Å². The molecule has 2 saturated heterocycles. The minimum absolute atomic E-state index is 0.0469. The van der Waals surface area contributed by atoms with Gasteiger partial charge in [-0.15, -0.1) is 0 Å². The number of hydrogen-bond acceptors (Lipinski definition) is 4. The van der Waals surface area contributed by atoms with Gasteiger partial charge >= 0.3 is 0 Å². The summed E-state index contributed by atoms with van der Waals surface area (Å²) in [5, 5.41) is 0. The predicted octanol–water partition coefficient (Wildman–Crippen LogP) is 0.139. The summed E-state index contributed by atoms with van der Waals surface area (Å²) >= 11 is 0. The van der Waals surface area contributed by atoms with Gasteiger partial charge in [0.2, 0.25) is 5.91 Å². The average molecular weight is 268 g/mol. The molecule has 2 unspecified atom stereocenters. The second-order valence-corrected chi connectivity index (χ2v) is 6.01. The van der Waals surface area contributed by atoms with E-state index in [9.17, 15) is 4.79 Å². The van der Waals surface area contributed by atoms with Crippen molar-refractivity contribution in [1.82, 2.24) is 9.80 Å². The molecule has 2 atom stereocenters. The summed E-state index contributed by atoms with van der Waals surface area (Å²) in [6, 6.07) is 0.269. The fourth-order valence-electron chi connectivity index (χ4n) is 3.31. The molecule has 19 heavy (non-hydrogen) atoms. The Hall–Kier alpha value is -0.650. The van der Waals surface area contributed by atoms with E-state index in [1.165, 1.54) is 19.3 Å². The van der Waals surface area contributed by atoms with Crippen LogP contribution in [0, 0.1) is 0 Å². The van der Waals surface area contributed by atoms with Crippen molar-refractivity contribution in [2.24, 2.45) is 11.5 Å². The van der Waals surface area contributed by atoms with E-state index >= 15 is 0 Å². The van der Waals surface area contributed by atoms with Crippen LogP contribution in [0.5, 0.6) is 0 Å². The first kappa shape index (κ1) is 14.8. The number of rotatable bonds is 4. The van der Waals surface area contributed by atoms with Crippen molar-refractivity contribution in [2.45, 2.75) is 50.6 Å². The number of likely N-dealkylation sites (tertiary alicyclic amines) is 2. The molecule has 1 amide bonds. The van der Waals surface area contributed by atoms with E-state index in [2.05, 4.69) is 9.80 Å². The number of piperidine rings is 1. The zero-order chi connectivity index (χ0) is 13.7. The lowest BCUT2D eigenvalue weighted by atomic mass is 10.0. The monoisotopic (exact) mass is 268 g/mol. The Labute approximate surface area is 116 Å². The fraction of sp³-hybridized carbons (Fsp3) is 0.929. The molecule has 0 saturated carbocycles. The van der Waals surface area contributed by atoms with E-state index in [0.29, 0.717) is 6.04 Å². The quantitative estimate of drug-likeness (QED) is 0.760. The summed E-state index contributed by atoms with van der Waals surface area (Å²) in [7, 11) is 0. The highest BCUT2D eigenvalue weighted by Crippen LogP contribution is 2.17. The third kappa shape index (κ3) is 4.44. The maximum Gasteiger partial charge on any atom is 0.234 e. The number of primary amides is 1. The molecule has 2 heterocycles. The number of hydrogen-bond donors (Lipinski definition) is 2. The minimum atomic E-state index is -0.160. The fourth-order valence-corrected chi connectivity index (χ4v) is 3.31. The van der Waals surface area contributed by atoms with E-state index in [1.54, 1.807) is 0 Å². The van der Waals surface area contributed by atoms with Gasteiger partial charge in [-0.1, -0.05) is 12.8 Å². The van der Waals surface area contributed by atoms with Gasteiger partial charge in [0.1, 0.15) is 0 Å². The molecule has 110 valence electrons. The zero-order valence-electron chi connectivity index (χ0n) is 11.9. The number of carbonyl (C=O) groups is 1. The van der Waals surface area contributed by atoms with E-state index in [0.717, 1.165) is 52.0 Å². The lowest BCUT2D eigenvalue weighted by Gasteiger charge is -2.35. The molecule has 0 spiro atoms. The summed E-state index contributed by atoms with van der Waals surface area (Å²) in [4.78, 5) is 16.2. The van der Waals surface area contributed by atoms with E-state index in [1.807, 2.05) is 0 Å². The van der Waals surface area contributed by atoms with Crippen LogP contribution >= 0.6 is 0 Å². The number of nitrogens with two attached hydrogens (primary N) is 2. The van der Waals surface area contributed by atoms with Gasteiger partial charge in [-0.3, -0.25) is 9.69 Å². The Morgan fingerprint density at radius 3 is 2.58 bits per heavy atom. The minimum Gasteiger partial charge on any atom is -0.368 e. The molecule has 5 heteroatoms. The van der Waals surface area contributed by atoms with Crippen molar-refractivity contribution in [2.75, 3.05) is 32.7 Å². The van der Waals surface area contributed by atoms with Crippen molar-refractivity contribution >= 4 is 5.91 Å². The maximum atomic E-state index is 11.5. The van der Waals surface area contributed by atoms with Crippen molar-refractivity contribution in [1.29, 1.82) is 0 Å². The first-order chi connectivity index (χ1) is 9.16. The number of nitrogens with zero attached hydrogens (tertiary/aromatic N) is 2. The highest BCUT2D eigenvalue weighted by Gasteiger charge is 2.27. The van der Waals surface area contributed by atoms with Crippen LogP contribution in [0.25, 0.3) is 0 Å². The third-order valence-electron chi connectivity index (χ3n) is 4.44. The zero-order valence-corrected chi connectivity index (χ0v) is 11.9. The van der Waals surface area contributed by atoms with E-state index < -0.39 is 0 Å². The summed E-state index contributed by atoms with van der Waals surface area (Å²) in [5.41, 5.74) is 11.6. The second kappa shape index (κ2) is 7.22. The Balaban J connectivity index is 1.80. The maximum absolute atomic E-state index is 11.5. The molecule has 0 aromatic carbocycles. The Bertz CT molecular complexity index is 297. The molecule has 0 aliphatic carbocycles. The number of amides is 1. The molecule has 5 nitrogen and oxygen atoms in total. The van der Waals surface area contributed by atoms with Crippen molar-refractivity contribution < 1.29 is 4.79 Å². The summed E-state index contributed by atoms with van der Waals surface area (Å²) < 4.78 is 0. The van der Waals surface area contributed by atoms with Crippen LogP contribution in [-0.2, 0) is 4.79 Å². The molecule has 2 fully saturated rings. The van der Waals surface area contributed by atoms with Gasteiger partial charge in [-0.2, -0.15) is 0 Å². The SMILES string of the molecule is NC(=O)C1CCCCN1CCN1CCCCC(N)C1. The van der Waals surface area contributed by atoms with Crippen LogP contribution in [0.4, 0.5) is 0 Å². The lowest BCUT2D eigenvalue weighted by molar-refractivity contribution is -0.124. The number of carbonyl (C=O) groups excluding carboxylic acids is 1. The highest BCUT2D eigenvalue weighted by atomic mass is 16.1. The molecule has 4 N–H and O–H groups in total. The molecule has 0 aromatic heterocycles.